The van der Waals surface area contributed by atoms with Crippen molar-refractivity contribution >= 4 is 21.6 Å². The topological polar surface area (TPSA) is 97.2 Å². The second-order valence-corrected chi connectivity index (χ2v) is 9.95. The molecule has 1 N–H and O–H groups in total. The van der Waals surface area contributed by atoms with Gasteiger partial charge in [-0.15, -0.1) is 5.10 Å². The number of hydrogen-bond donors (Lipinski definition) is 1. The number of hydrogen-bond acceptors (Lipinski definition) is 5. The molecule has 1 aliphatic heterocycles. The van der Waals surface area contributed by atoms with Gasteiger partial charge in [-0.1, -0.05) is 54.5 Å². The fourth-order valence-electron chi connectivity index (χ4n) is 3.82. The van der Waals surface area contributed by atoms with Crippen LogP contribution in [0.5, 0.6) is 0 Å². The number of aromatic nitrogens is 3. The summed E-state index contributed by atoms with van der Waals surface area (Å²) in [5, 5.41) is 10.7. The summed E-state index contributed by atoms with van der Waals surface area (Å²) in [7, 11) is -3.62. The molecular weight excluding hydrogens is 426 g/mol. The lowest BCUT2D eigenvalue weighted by Crippen LogP contribution is -2.32. The quantitative estimate of drug-likeness (QED) is 0.617. The first-order valence-corrected chi connectivity index (χ1v) is 12.2. The van der Waals surface area contributed by atoms with E-state index in [1.165, 1.54) is 6.07 Å². The van der Waals surface area contributed by atoms with Crippen LogP contribution in [0.2, 0.25) is 0 Å². The maximum Gasteiger partial charge on any atom is 0.277 e. The van der Waals surface area contributed by atoms with Crippen LogP contribution in [0.3, 0.4) is 0 Å². The van der Waals surface area contributed by atoms with E-state index in [9.17, 15) is 13.2 Å². The van der Waals surface area contributed by atoms with E-state index in [0.717, 1.165) is 31.2 Å². The van der Waals surface area contributed by atoms with Crippen LogP contribution in [0.1, 0.15) is 47.3 Å². The highest BCUT2D eigenvalue weighted by Crippen LogP contribution is 2.26. The van der Waals surface area contributed by atoms with Crippen LogP contribution in [0.4, 0.5) is 5.69 Å². The predicted octanol–water partition coefficient (Wildman–Crippen LogP) is 3.45. The molecule has 1 fully saturated rings. The summed E-state index contributed by atoms with van der Waals surface area (Å²) in [6.07, 6.45) is 5.41. The molecule has 8 nitrogen and oxygen atoms in total. The zero-order valence-corrected chi connectivity index (χ0v) is 18.9. The van der Waals surface area contributed by atoms with Gasteiger partial charge in [-0.25, -0.2) is 13.1 Å². The number of aryl methyl sites for hydroxylation is 1. The Labute approximate surface area is 188 Å². The van der Waals surface area contributed by atoms with Gasteiger partial charge < -0.3 is 5.32 Å². The van der Waals surface area contributed by atoms with Crippen molar-refractivity contribution in [3.63, 3.8) is 0 Å². The first-order chi connectivity index (χ1) is 15.4. The molecule has 0 atom stereocenters. The van der Waals surface area contributed by atoms with E-state index >= 15 is 0 Å². The van der Waals surface area contributed by atoms with E-state index in [0.29, 0.717) is 30.9 Å². The molecule has 0 radical (unpaired) electrons. The van der Waals surface area contributed by atoms with Gasteiger partial charge in [0.05, 0.1) is 17.6 Å². The first kappa shape index (κ1) is 22.2. The Morgan fingerprint density at radius 3 is 2.47 bits per heavy atom. The molecule has 1 saturated heterocycles. The summed E-state index contributed by atoms with van der Waals surface area (Å²) in [5.74, 6) is -0.439. The SMILES string of the molecule is Cc1ccc(NC(=O)c2cn(Cc3ccccc3)nn2)cc1S(=O)(=O)N1CCCCCC1. The normalized spacial score (nSPS) is 15.3. The van der Waals surface area contributed by atoms with Crippen LogP contribution in [-0.4, -0.2) is 46.7 Å². The summed E-state index contributed by atoms with van der Waals surface area (Å²) in [6.45, 7) is 3.33. The zero-order chi connectivity index (χ0) is 22.6. The van der Waals surface area contributed by atoms with Gasteiger partial charge in [0.1, 0.15) is 0 Å². The summed E-state index contributed by atoms with van der Waals surface area (Å²) in [5.41, 5.74) is 2.28. The van der Waals surface area contributed by atoms with Crippen LogP contribution >= 0.6 is 0 Å². The van der Waals surface area contributed by atoms with E-state index in [1.54, 1.807) is 34.2 Å². The highest BCUT2D eigenvalue weighted by molar-refractivity contribution is 7.89. The van der Waals surface area contributed by atoms with Crippen LogP contribution < -0.4 is 5.32 Å². The van der Waals surface area contributed by atoms with Crippen molar-refractivity contribution in [3.05, 3.63) is 71.5 Å². The average Bonchev–Trinajstić information content (AvgIpc) is 3.07. The third kappa shape index (κ3) is 5.05. The van der Waals surface area contributed by atoms with Crippen LogP contribution in [-0.2, 0) is 16.6 Å². The number of rotatable bonds is 6. The van der Waals surface area contributed by atoms with Gasteiger partial charge in [-0.3, -0.25) is 4.79 Å². The molecule has 2 heterocycles. The zero-order valence-electron chi connectivity index (χ0n) is 18.1. The van der Waals surface area contributed by atoms with Gasteiger partial charge in [0, 0.05) is 18.8 Å². The maximum atomic E-state index is 13.2. The van der Waals surface area contributed by atoms with E-state index in [4.69, 9.17) is 0 Å². The summed E-state index contributed by atoms with van der Waals surface area (Å²) in [4.78, 5) is 12.9. The second-order valence-electron chi connectivity index (χ2n) is 8.04. The molecule has 3 aromatic rings. The minimum atomic E-state index is -3.62. The van der Waals surface area contributed by atoms with E-state index in [1.807, 2.05) is 30.3 Å². The number of carbonyl (C=O) groups excluding carboxylic acids is 1. The Bertz CT molecular complexity index is 1180. The molecule has 1 aliphatic rings. The minimum Gasteiger partial charge on any atom is -0.321 e. The molecule has 168 valence electrons. The van der Waals surface area contributed by atoms with Crippen molar-refractivity contribution in [3.8, 4) is 0 Å². The molecule has 0 saturated carbocycles. The molecule has 0 aliphatic carbocycles. The lowest BCUT2D eigenvalue weighted by Gasteiger charge is -2.21. The van der Waals surface area contributed by atoms with Gasteiger partial charge >= 0.3 is 0 Å². The maximum absolute atomic E-state index is 13.2. The minimum absolute atomic E-state index is 0.165. The van der Waals surface area contributed by atoms with Crippen molar-refractivity contribution in [2.45, 2.75) is 44.0 Å². The molecule has 0 unspecified atom stereocenters. The van der Waals surface area contributed by atoms with E-state index < -0.39 is 15.9 Å². The highest BCUT2D eigenvalue weighted by Gasteiger charge is 2.27. The third-order valence-electron chi connectivity index (χ3n) is 5.59. The molecule has 0 bridgehead atoms. The molecule has 2 aromatic carbocycles. The van der Waals surface area contributed by atoms with Crippen molar-refractivity contribution in [1.82, 2.24) is 19.3 Å². The first-order valence-electron chi connectivity index (χ1n) is 10.8. The Hall–Kier alpha value is -3.04. The molecule has 9 heteroatoms. The van der Waals surface area contributed by atoms with Crippen LogP contribution in [0.25, 0.3) is 0 Å². The lowest BCUT2D eigenvalue weighted by molar-refractivity contribution is 0.102. The lowest BCUT2D eigenvalue weighted by atomic mass is 10.2. The summed E-state index contributed by atoms with van der Waals surface area (Å²) >= 11 is 0. The van der Waals surface area contributed by atoms with Gasteiger partial charge in [0.2, 0.25) is 10.0 Å². The van der Waals surface area contributed by atoms with Crippen molar-refractivity contribution in [1.29, 1.82) is 0 Å². The second kappa shape index (κ2) is 9.62. The molecular formula is C23H27N5O3S. The summed E-state index contributed by atoms with van der Waals surface area (Å²) < 4.78 is 29.6. The smallest absolute Gasteiger partial charge is 0.277 e. The third-order valence-corrected chi connectivity index (χ3v) is 7.63. The number of nitrogens with zero attached hydrogens (tertiary/aromatic N) is 4. The van der Waals surface area contributed by atoms with Crippen molar-refractivity contribution < 1.29 is 13.2 Å². The predicted molar refractivity (Wildman–Crippen MR) is 122 cm³/mol. The number of anilines is 1. The van der Waals surface area contributed by atoms with Crippen molar-refractivity contribution in [2.24, 2.45) is 0 Å². The summed E-state index contributed by atoms with van der Waals surface area (Å²) in [6, 6.07) is 14.7. The van der Waals surface area contributed by atoms with Gasteiger partial charge in [0.15, 0.2) is 5.69 Å². The Morgan fingerprint density at radius 2 is 1.75 bits per heavy atom. The number of amides is 1. The highest BCUT2D eigenvalue weighted by atomic mass is 32.2. The van der Waals surface area contributed by atoms with E-state index in [-0.39, 0.29) is 10.6 Å². The monoisotopic (exact) mass is 453 g/mol. The number of sulfonamides is 1. The van der Waals surface area contributed by atoms with Gasteiger partial charge in [-0.2, -0.15) is 4.31 Å². The molecule has 4 rings (SSSR count). The van der Waals surface area contributed by atoms with Crippen LogP contribution in [0, 0.1) is 6.92 Å². The molecule has 32 heavy (non-hydrogen) atoms. The number of carbonyl (C=O) groups is 1. The van der Waals surface area contributed by atoms with E-state index in [2.05, 4.69) is 15.6 Å². The van der Waals surface area contributed by atoms with Crippen molar-refractivity contribution in [2.75, 3.05) is 18.4 Å². The largest absolute Gasteiger partial charge is 0.321 e. The standard InChI is InChI=1S/C23H27N5O3S/c1-18-11-12-20(15-22(18)32(30,31)28-13-7-2-3-8-14-28)24-23(29)21-17-27(26-25-21)16-19-9-5-4-6-10-19/h4-6,9-12,15,17H,2-3,7-8,13-14,16H2,1H3,(H,24,29). The molecule has 1 amide bonds. The molecule has 0 spiro atoms. The Kier molecular flexibility index (Phi) is 6.66. The fraction of sp³-hybridized carbons (Fsp3) is 0.348. The number of nitrogens with one attached hydrogen (secondary N) is 1. The Morgan fingerprint density at radius 1 is 1.03 bits per heavy atom. The van der Waals surface area contributed by atoms with Gasteiger partial charge in [0.25, 0.3) is 5.91 Å². The number of benzene rings is 2. The fourth-order valence-corrected chi connectivity index (χ4v) is 5.59. The van der Waals surface area contributed by atoms with Gasteiger partial charge in [-0.05, 0) is 43.0 Å². The Balaban J connectivity index is 1.50. The average molecular weight is 454 g/mol. The molecule has 1 aromatic heterocycles. The van der Waals surface area contributed by atoms with Crippen LogP contribution in [0.15, 0.2) is 59.6 Å².